The van der Waals surface area contributed by atoms with E-state index in [2.05, 4.69) is 31.9 Å². The molecule has 1 atom stereocenters. The largest absolute Gasteiger partial charge is 0.388 e. The van der Waals surface area contributed by atoms with E-state index < -0.39 is 17.7 Å². The van der Waals surface area contributed by atoms with Crippen molar-refractivity contribution in [1.29, 1.82) is 0 Å². The van der Waals surface area contributed by atoms with Crippen molar-refractivity contribution in [3.05, 3.63) is 67.6 Å². The van der Waals surface area contributed by atoms with E-state index in [1.54, 1.807) is 6.07 Å². The zero-order valence-electron chi connectivity index (χ0n) is 10.6. The molecule has 0 saturated carbocycles. The van der Waals surface area contributed by atoms with Crippen LogP contribution in [0.4, 0.5) is 8.78 Å². The fourth-order valence-corrected chi connectivity index (χ4v) is 3.01. The molecule has 0 radical (unpaired) electrons. The topological polar surface area (TPSA) is 20.2 Å². The molecule has 0 saturated heterocycles. The minimum atomic E-state index is -0.874. The molecule has 0 spiro atoms. The Morgan fingerprint density at radius 2 is 1.80 bits per heavy atom. The third kappa shape index (κ3) is 3.45. The van der Waals surface area contributed by atoms with Crippen LogP contribution >= 0.6 is 31.9 Å². The molecule has 0 bridgehead atoms. The highest BCUT2D eigenvalue weighted by Crippen LogP contribution is 2.31. The van der Waals surface area contributed by atoms with Gasteiger partial charge in [-0.1, -0.05) is 37.9 Å². The minimum Gasteiger partial charge on any atom is -0.388 e. The number of hydrogen-bond acceptors (Lipinski definition) is 1. The molecule has 0 heterocycles. The predicted molar refractivity (Wildman–Crippen MR) is 81.6 cm³/mol. The van der Waals surface area contributed by atoms with E-state index in [1.165, 1.54) is 12.1 Å². The summed E-state index contributed by atoms with van der Waals surface area (Å²) in [5.41, 5.74) is 1.97. The number of rotatable bonds is 3. The maximum atomic E-state index is 13.6. The van der Waals surface area contributed by atoms with Gasteiger partial charge in [0.2, 0.25) is 0 Å². The summed E-state index contributed by atoms with van der Waals surface area (Å²) in [7, 11) is 0. The monoisotopic (exact) mass is 404 g/mol. The molecule has 20 heavy (non-hydrogen) atoms. The van der Waals surface area contributed by atoms with E-state index in [9.17, 15) is 13.9 Å². The van der Waals surface area contributed by atoms with Crippen molar-refractivity contribution in [2.75, 3.05) is 0 Å². The molecular weight excluding hydrogens is 394 g/mol. The Hall–Kier alpha value is -0.780. The van der Waals surface area contributed by atoms with Gasteiger partial charge in [-0.3, -0.25) is 0 Å². The average molecular weight is 406 g/mol. The van der Waals surface area contributed by atoms with Crippen LogP contribution in [0.2, 0.25) is 0 Å². The predicted octanol–water partition coefficient (Wildman–Crippen LogP) is 5.07. The SMILES string of the molecule is Cc1cc(Br)c(C(O)Cc2ccc(F)cc2F)cc1Br. The zero-order chi connectivity index (χ0) is 14.9. The van der Waals surface area contributed by atoms with Gasteiger partial charge in [0.05, 0.1) is 6.10 Å². The first-order valence-electron chi connectivity index (χ1n) is 5.96. The van der Waals surface area contributed by atoms with Gasteiger partial charge in [0, 0.05) is 21.4 Å². The lowest BCUT2D eigenvalue weighted by molar-refractivity contribution is 0.176. The Bertz CT molecular complexity index is 644. The third-order valence-corrected chi connectivity index (χ3v) is 4.61. The lowest BCUT2D eigenvalue weighted by Crippen LogP contribution is -2.05. The molecule has 2 aromatic carbocycles. The first-order valence-corrected chi connectivity index (χ1v) is 7.54. The quantitative estimate of drug-likeness (QED) is 0.755. The Labute approximate surface area is 132 Å². The molecule has 1 nitrogen and oxygen atoms in total. The molecule has 1 unspecified atom stereocenters. The summed E-state index contributed by atoms with van der Waals surface area (Å²) in [6.45, 7) is 1.94. The maximum absolute atomic E-state index is 13.6. The second kappa shape index (κ2) is 6.33. The Morgan fingerprint density at radius 1 is 1.10 bits per heavy atom. The van der Waals surface area contributed by atoms with E-state index in [4.69, 9.17) is 0 Å². The molecule has 2 rings (SSSR count). The third-order valence-electron chi connectivity index (χ3n) is 3.07. The first kappa shape index (κ1) is 15.6. The van der Waals surface area contributed by atoms with Crippen LogP contribution in [0, 0.1) is 18.6 Å². The van der Waals surface area contributed by atoms with Crippen molar-refractivity contribution in [2.24, 2.45) is 0 Å². The summed E-state index contributed by atoms with van der Waals surface area (Å²) in [5, 5.41) is 10.3. The van der Waals surface area contributed by atoms with E-state index >= 15 is 0 Å². The van der Waals surface area contributed by atoms with Crippen LogP contribution in [0.3, 0.4) is 0 Å². The highest BCUT2D eigenvalue weighted by Gasteiger charge is 2.16. The molecule has 5 heteroatoms. The standard InChI is InChI=1S/C15H12Br2F2O/c1-8-4-13(17)11(7-12(8)16)15(20)5-9-2-3-10(18)6-14(9)19/h2-4,6-7,15,20H,5H2,1H3. The van der Waals surface area contributed by atoms with Gasteiger partial charge in [-0.25, -0.2) is 8.78 Å². The Kier molecular flexibility index (Phi) is 4.94. The zero-order valence-corrected chi connectivity index (χ0v) is 13.8. The highest BCUT2D eigenvalue weighted by molar-refractivity contribution is 9.11. The normalized spacial score (nSPS) is 12.5. The minimum absolute atomic E-state index is 0.0835. The van der Waals surface area contributed by atoms with E-state index in [-0.39, 0.29) is 12.0 Å². The van der Waals surface area contributed by atoms with Gasteiger partial charge in [0.15, 0.2) is 0 Å². The van der Waals surface area contributed by atoms with Gasteiger partial charge < -0.3 is 5.11 Å². The van der Waals surface area contributed by atoms with Crippen molar-refractivity contribution in [3.8, 4) is 0 Å². The van der Waals surface area contributed by atoms with Crippen LogP contribution in [0.15, 0.2) is 39.3 Å². The fraction of sp³-hybridized carbons (Fsp3) is 0.200. The highest BCUT2D eigenvalue weighted by atomic mass is 79.9. The molecule has 0 aliphatic rings. The average Bonchev–Trinajstić information content (AvgIpc) is 2.37. The summed E-state index contributed by atoms with van der Waals surface area (Å²) < 4.78 is 28.1. The Morgan fingerprint density at radius 3 is 2.45 bits per heavy atom. The fourth-order valence-electron chi connectivity index (χ4n) is 1.92. The number of halogens is 4. The van der Waals surface area contributed by atoms with Crippen LogP contribution in [-0.4, -0.2) is 5.11 Å². The van der Waals surface area contributed by atoms with Crippen molar-refractivity contribution in [1.82, 2.24) is 0 Å². The van der Waals surface area contributed by atoms with Crippen molar-refractivity contribution in [3.63, 3.8) is 0 Å². The number of hydrogen-bond donors (Lipinski definition) is 1. The maximum Gasteiger partial charge on any atom is 0.129 e. The van der Waals surface area contributed by atoms with E-state index in [1.807, 2.05) is 13.0 Å². The number of aliphatic hydroxyl groups excluding tert-OH is 1. The van der Waals surface area contributed by atoms with Crippen molar-refractivity contribution >= 4 is 31.9 Å². The summed E-state index contributed by atoms with van der Waals surface area (Å²) in [6.07, 6.45) is -0.790. The van der Waals surface area contributed by atoms with Gasteiger partial charge >= 0.3 is 0 Å². The van der Waals surface area contributed by atoms with Crippen molar-refractivity contribution < 1.29 is 13.9 Å². The molecule has 2 aromatic rings. The van der Waals surface area contributed by atoms with Gasteiger partial charge in [-0.2, -0.15) is 0 Å². The molecule has 0 fully saturated rings. The van der Waals surface area contributed by atoms with Gasteiger partial charge in [0.1, 0.15) is 11.6 Å². The van der Waals surface area contributed by atoms with E-state index in [0.29, 0.717) is 5.56 Å². The van der Waals surface area contributed by atoms with Crippen LogP contribution in [0.5, 0.6) is 0 Å². The summed E-state index contributed by atoms with van der Waals surface area (Å²) in [6, 6.07) is 7.04. The number of benzene rings is 2. The molecule has 1 N–H and O–H groups in total. The van der Waals surface area contributed by atoms with Crippen LogP contribution in [-0.2, 0) is 6.42 Å². The summed E-state index contributed by atoms with van der Waals surface area (Å²) >= 11 is 6.79. The smallest absolute Gasteiger partial charge is 0.129 e. The lowest BCUT2D eigenvalue weighted by atomic mass is 10.00. The first-order chi connectivity index (χ1) is 9.38. The second-order valence-electron chi connectivity index (χ2n) is 4.58. The van der Waals surface area contributed by atoms with Gasteiger partial charge in [-0.05, 0) is 41.8 Å². The van der Waals surface area contributed by atoms with Crippen LogP contribution in [0.25, 0.3) is 0 Å². The van der Waals surface area contributed by atoms with Gasteiger partial charge in [0.25, 0.3) is 0 Å². The Balaban J connectivity index is 2.28. The summed E-state index contributed by atoms with van der Waals surface area (Å²) in [5.74, 6) is -1.27. The van der Waals surface area contributed by atoms with Crippen LogP contribution < -0.4 is 0 Å². The van der Waals surface area contributed by atoms with Crippen molar-refractivity contribution in [2.45, 2.75) is 19.4 Å². The number of aliphatic hydroxyl groups is 1. The van der Waals surface area contributed by atoms with Gasteiger partial charge in [-0.15, -0.1) is 0 Å². The molecule has 0 aliphatic carbocycles. The molecule has 0 amide bonds. The van der Waals surface area contributed by atoms with Crippen LogP contribution in [0.1, 0.15) is 22.8 Å². The second-order valence-corrected chi connectivity index (χ2v) is 6.29. The molecule has 106 valence electrons. The van der Waals surface area contributed by atoms with E-state index in [0.717, 1.165) is 20.6 Å². The lowest BCUT2D eigenvalue weighted by Gasteiger charge is -2.15. The summed E-state index contributed by atoms with van der Waals surface area (Å²) in [4.78, 5) is 0. The number of aryl methyl sites for hydroxylation is 1. The molecular formula is C15H12Br2F2O. The molecule has 0 aromatic heterocycles. The molecule has 0 aliphatic heterocycles.